The fraction of sp³-hybridized carbons (Fsp3) is 0.700. The summed E-state index contributed by atoms with van der Waals surface area (Å²) < 4.78 is 0. The molecule has 12 heavy (non-hydrogen) atoms. The summed E-state index contributed by atoms with van der Waals surface area (Å²) in [7, 11) is 0. The van der Waals surface area contributed by atoms with Gasteiger partial charge in [0.05, 0.1) is 0 Å². The predicted molar refractivity (Wildman–Crippen MR) is 49.5 cm³/mol. The lowest BCUT2D eigenvalue weighted by atomic mass is 10.0. The highest BCUT2D eigenvalue weighted by atomic mass is 16.2. The van der Waals surface area contributed by atoms with E-state index in [2.05, 4.69) is 13.5 Å². The second kappa shape index (κ2) is 4.29. The van der Waals surface area contributed by atoms with Gasteiger partial charge in [-0.1, -0.05) is 26.3 Å². The minimum Gasteiger partial charge on any atom is -0.319 e. The first-order valence-electron chi connectivity index (χ1n) is 4.70. The molecule has 0 aromatic heterocycles. The molecular formula is C10H17NO. The van der Waals surface area contributed by atoms with Crippen LogP contribution < -0.4 is 0 Å². The van der Waals surface area contributed by atoms with Gasteiger partial charge in [0.1, 0.15) is 0 Å². The van der Waals surface area contributed by atoms with Gasteiger partial charge in [-0.15, -0.1) is 0 Å². The molecule has 0 aromatic rings. The first-order valence-corrected chi connectivity index (χ1v) is 4.70. The Kier molecular flexibility index (Phi) is 3.32. The Bertz CT molecular complexity index is 177. The fourth-order valence-corrected chi connectivity index (χ4v) is 1.67. The van der Waals surface area contributed by atoms with Crippen LogP contribution in [0.3, 0.4) is 0 Å². The van der Waals surface area contributed by atoms with E-state index in [4.69, 9.17) is 0 Å². The molecule has 0 aliphatic carbocycles. The molecule has 0 aromatic carbocycles. The van der Waals surface area contributed by atoms with Gasteiger partial charge in [-0.2, -0.15) is 0 Å². The van der Waals surface area contributed by atoms with Crippen molar-refractivity contribution >= 4 is 5.91 Å². The highest BCUT2D eigenvalue weighted by Gasteiger charge is 2.26. The van der Waals surface area contributed by atoms with Gasteiger partial charge in [-0.05, 0) is 18.5 Å². The smallest absolute Gasteiger partial charge is 0.226 e. The third kappa shape index (κ3) is 2.10. The quantitative estimate of drug-likeness (QED) is 0.628. The van der Waals surface area contributed by atoms with Crippen LogP contribution in [-0.4, -0.2) is 17.4 Å². The minimum absolute atomic E-state index is 0.242. The van der Waals surface area contributed by atoms with Crippen LogP contribution in [0.25, 0.3) is 0 Å². The van der Waals surface area contributed by atoms with Crippen molar-refractivity contribution in [2.45, 2.75) is 32.6 Å². The van der Waals surface area contributed by atoms with E-state index in [1.807, 2.05) is 0 Å². The van der Waals surface area contributed by atoms with Gasteiger partial charge in [0.15, 0.2) is 0 Å². The summed E-state index contributed by atoms with van der Waals surface area (Å²) >= 11 is 0. The van der Waals surface area contributed by atoms with Crippen molar-refractivity contribution in [3.05, 3.63) is 12.8 Å². The van der Waals surface area contributed by atoms with Crippen molar-refractivity contribution in [3.63, 3.8) is 0 Å². The van der Waals surface area contributed by atoms with Gasteiger partial charge >= 0.3 is 0 Å². The number of likely N-dealkylation sites (tertiary alicyclic amines) is 1. The number of carbonyl (C=O) groups excluding carboxylic acids is 1. The van der Waals surface area contributed by atoms with Crippen LogP contribution in [0.4, 0.5) is 0 Å². The van der Waals surface area contributed by atoms with Crippen LogP contribution in [0, 0.1) is 5.92 Å². The van der Waals surface area contributed by atoms with E-state index in [0.717, 1.165) is 13.0 Å². The Labute approximate surface area is 74.2 Å². The van der Waals surface area contributed by atoms with E-state index < -0.39 is 0 Å². The number of rotatable bonds is 4. The Morgan fingerprint density at radius 2 is 2.50 bits per heavy atom. The Balaban J connectivity index is 2.32. The highest BCUT2D eigenvalue weighted by Crippen LogP contribution is 2.22. The number of amides is 1. The molecule has 1 fully saturated rings. The van der Waals surface area contributed by atoms with E-state index in [-0.39, 0.29) is 5.91 Å². The van der Waals surface area contributed by atoms with Crippen LogP contribution in [0.1, 0.15) is 32.6 Å². The maximum atomic E-state index is 11.2. The van der Waals surface area contributed by atoms with Gasteiger partial charge in [-0.25, -0.2) is 0 Å². The largest absolute Gasteiger partial charge is 0.319 e. The highest BCUT2D eigenvalue weighted by molar-refractivity contribution is 5.79. The molecule has 1 saturated heterocycles. The topological polar surface area (TPSA) is 20.3 Å². The van der Waals surface area contributed by atoms with Gasteiger partial charge < -0.3 is 4.90 Å². The molecule has 1 aliphatic heterocycles. The van der Waals surface area contributed by atoms with Gasteiger partial charge in [0, 0.05) is 13.0 Å². The zero-order chi connectivity index (χ0) is 8.97. The van der Waals surface area contributed by atoms with Crippen LogP contribution >= 0.6 is 0 Å². The van der Waals surface area contributed by atoms with Crippen molar-refractivity contribution in [2.24, 2.45) is 5.92 Å². The van der Waals surface area contributed by atoms with E-state index in [9.17, 15) is 4.79 Å². The van der Waals surface area contributed by atoms with E-state index in [1.165, 1.54) is 19.3 Å². The van der Waals surface area contributed by atoms with Crippen molar-refractivity contribution < 1.29 is 4.79 Å². The third-order valence-electron chi connectivity index (χ3n) is 2.42. The number of unbranched alkanes of at least 4 members (excludes halogenated alkanes) is 1. The molecule has 0 spiro atoms. The summed E-state index contributed by atoms with van der Waals surface area (Å²) in [5.74, 6) is 0.821. The molecular weight excluding hydrogens is 150 g/mol. The molecule has 0 N–H and O–H groups in total. The fourth-order valence-electron chi connectivity index (χ4n) is 1.67. The number of nitrogens with zero attached hydrogens (tertiary/aromatic N) is 1. The average molecular weight is 167 g/mol. The molecule has 0 radical (unpaired) electrons. The summed E-state index contributed by atoms with van der Waals surface area (Å²) in [6, 6.07) is 0. The molecule has 0 bridgehead atoms. The molecule has 1 aliphatic rings. The van der Waals surface area contributed by atoms with Crippen LogP contribution in [0.2, 0.25) is 0 Å². The molecule has 1 atom stereocenters. The zero-order valence-corrected chi connectivity index (χ0v) is 7.75. The molecule has 2 nitrogen and oxygen atoms in total. The molecule has 1 rings (SSSR count). The Morgan fingerprint density at radius 1 is 1.75 bits per heavy atom. The summed E-state index contributed by atoms with van der Waals surface area (Å²) in [6.07, 6.45) is 6.02. The van der Waals surface area contributed by atoms with Crippen LogP contribution in [0.15, 0.2) is 12.8 Å². The minimum atomic E-state index is 0.242. The first kappa shape index (κ1) is 9.30. The molecule has 2 heteroatoms. The lowest BCUT2D eigenvalue weighted by Crippen LogP contribution is -2.17. The average Bonchev–Trinajstić information content (AvgIpc) is 2.43. The number of hydrogen-bond donors (Lipinski definition) is 0. The number of hydrogen-bond acceptors (Lipinski definition) is 1. The lowest BCUT2D eigenvalue weighted by molar-refractivity contribution is -0.125. The first-order chi connectivity index (χ1) is 5.77. The summed E-state index contributed by atoms with van der Waals surface area (Å²) in [5, 5.41) is 0. The van der Waals surface area contributed by atoms with Crippen LogP contribution in [0.5, 0.6) is 0 Å². The van der Waals surface area contributed by atoms with Gasteiger partial charge in [0.25, 0.3) is 0 Å². The lowest BCUT2D eigenvalue weighted by Gasteiger charge is -2.09. The van der Waals surface area contributed by atoms with Crippen LogP contribution in [-0.2, 0) is 4.79 Å². The molecule has 68 valence electrons. The summed E-state index contributed by atoms with van der Waals surface area (Å²) in [4.78, 5) is 13.0. The van der Waals surface area contributed by atoms with Crippen molar-refractivity contribution in [3.8, 4) is 0 Å². The molecule has 1 heterocycles. The van der Waals surface area contributed by atoms with Crippen molar-refractivity contribution in [1.82, 2.24) is 4.90 Å². The predicted octanol–water partition coefficient (Wildman–Crippen LogP) is 2.17. The second-order valence-electron chi connectivity index (χ2n) is 3.44. The van der Waals surface area contributed by atoms with E-state index in [0.29, 0.717) is 5.92 Å². The standard InChI is InChI=1S/C10H17NO/c1-3-5-6-9-7-10(12)11(4-2)8-9/h4,9H,2-3,5-8H2,1H3. The Morgan fingerprint density at radius 3 is 3.00 bits per heavy atom. The molecule has 0 saturated carbocycles. The van der Waals surface area contributed by atoms with Crippen molar-refractivity contribution in [1.29, 1.82) is 0 Å². The SMILES string of the molecule is C=CN1CC(CCCC)CC1=O. The molecule has 1 unspecified atom stereocenters. The zero-order valence-electron chi connectivity index (χ0n) is 7.75. The van der Waals surface area contributed by atoms with E-state index in [1.54, 1.807) is 11.1 Å². The summed E-state index contributed by atoms with van der Waals surface area (Å²) in [6.45, 7) is 6.69. The normalized spacial score (nSPS) is 23.2. The Hall–Kier alpha value is -0.790. The second-order valence-corrected chi connectivity index (χ2v) is 3.44. The van der Waals surface area contributed by atoms with Gasteiger partial charge in [0.2, 0.25) is 5.91 Å². The van der Waals surface area contributed by atoms with E-state index >= 15 is 0 Å². The number of carbonyl (C=O) groups is 1. The maximum Gasteiger partial charge on any atom is 0.226 e. The van der Waals surface area contributed by atoms with Gasteiger partial charge in [-0.3, -0.25) is 4.79 Å². The van der Waals surface area contributed by atoms with Crippen molar-refractivity contribution in [2.75, 3.05) is 6.54 Å². The maximum absolute atomic E-state index is 11.2. The third-order valence-corrected chi connectivity index (χ3v) is 2.42. The summed E-state index contributed by atoms with van der Waals surface area (Å²) in [5.41, 5.74) is 0. The monoisotopic (exact) mass is 167 g/mol. The molecule has 1 amide bonds.